The Hall–Kier alpha value is -2.00. The number of fused-ring (bicyclic) bond motifs is 1. The second-order valence-corrected chi connectivity index (χ2v) is 5.80. The summed E-state index contributed by atoms with van der Waals surface area (Å²) in [5, 5.41) is 3.50. The lowest BCUT2D eigenvalue weighted by atomic mass is 10.1. The average molecular weight is 297 g/mol. The fourth-order valence-corrected chi connectivity index (χ4v) is 2.47. The molecule has 3 rings (SSSR count). The minimum absolute atomic E-state index is 0.0357. The third kappa shape index (κ3) is 3.42. The van der Waals surface area contributed by atoms with Crippen LogP contribution in [0.5, 0.6) is 11.5 Å². The van der Waals surface area contributed by atoms with Gasteiger partial charge in [0.1, 0.15) is 6.61 Å². The first kappa shape index (κ1) is 14.9. The lowest BCUT2D eigenvalue weighted by molar-refractivity contribution is 0.0913. The van der Waals surface area contributed by atoms with Crippen LogP contribution in [0.25, 0.3) is 0 Å². The van der Waals surface area contributed by atoms with Gasteiger partial charge in [0, 0.05) is 12.6 Å². The molecule has 22 heavy (non-hydrogen) atoms. The number of benzene rings is 2. The van der Waals surface area contributed by atoms with Crippen molar-refractivity contribution in [1.82, 2.24) is 5.32 Å². The molecule has 2 aromatic carbocycles. The monoisotopic (exact) mass is 297 g/mol. The topological polar surface area (TPSA) is 30.5 Å². The third-order valence-corrected chi connectivity index (χ3v) is 4.13. The minimum atomic E-state index is -0.0357. The molecule has 1 N–H and O–H groups in total. The van der Waals surface area contributed by atoms with Crippen molar-refractivity contribution < 1.29 is 9.47 Å². The summed E-state index contributed by atoms with van der Waals surface area (Å²) in [6.07, 6.45) is 1.11. The highest BCUT2D eigenvalue weighted by Gasteiger charge is 2.21. The first-order valence-corrected chi connectivity index (χ1v) is 7.97. The van der Waals surface area contributed by atoms with Gasteiger partial charge in [-0.05, 0) is 36.6 Å². The molecule has 0 amide bonds. The normalized spacial score (nSPS) is 18.0. The maximum atomic E-state index is 6.03. The van der Waals surface area contributed by atoms with Crippen LogP contribution in [-0.4, -0.2) is 12.6 Å². The second-order valence-electron chi connectivity index (χ2n) is 5.80. The highest BCUT2D eigenvalue weighted by molar-refractivity contribution is 5.41. The summed E-state index contributed by atoms with van der Waals surface area (Å²) in [6.45, 7) is 5.86. The molecule has 3 nitrogen and oxygen atoms in total. The molecule has 0 radical (unpaired) electrons. The molecule has 0 bridgehead atoms. The smallest absolute Gasteiger partial charge is 0.162 e. The molecule has 0 fully saturated rings. The SMILES string of the molecule is CCC(C)NCc1ccc([C@@H]2COc3ccccc3O2)cc1. The van der Waals surface area contributed by atoms with Crippen LogP contribution in [0.15, 0.2) is 48.5 Å². The average Bonchev–Trinajstić information content (AvgIpc) is 2.59. The molecule has 1 unspecified atom stereocenters. The first-order valence-electron chi connectivity index (χ1n) is 7.97. The molecule has 1 heterocycles. The van der Waals surface area contributed by atoms with Crippen LogP contribution >= 0.6 is 0 Å². The molecule has 0 aliphatic carbocycles. The Bertz CT molecular complexity index is 609. The molecule has 0 saturated heterocycles. The maximum absolute atomic E-state index is 6.03. The zero-order chi connectivity index (χ0) is 15.4. The van der Waals surface area contributed by atoms with Crippen LogP contribution in [0.2, 0.25) is 0 Å². The highest BCUT2D eigenvalue weighted by atomic mass is 16.6. The number of hydrogen-bond acceptors (Lipinski definition) is 3. The molecule has 0 saturated carbocycles. The third-order valence-electron chi connectivity index (χ3n) is 4.13. The lowest BCUT2D eigenvalue weighted by Gasteiger charge is -2.26. The van der Waals surface area contributed by atoms with E-state index >= 15 is 0 Å². The second kappa shape index (κ2) is 6.84. The van der Waals surface area contributed by atoms with Crippen molar-refractivity contribution in [3.05, 3.63) is 59.7 Å². The minimum Gasteiger partial charge on any atom is -0.485 e. The zero-order valence-corrected chi connectivity index (χ0v) is 13.2. The predicted octanol–water partition coefficient (Wildman–Crippen LogP) is 4.09. The summed E-state index contributed by atoms with van der Waals surface area (Å²) in [4.78, 5) is 0. The van der Waals surface area contributed by atoms with Gasteiger partial charge in [-0.15, -0.1) is 0 Å². The van der Waals surface area contributed by atoms with Gasteiger partial charge in [-0.2, -0.15) is 0 Å². The van der Waals surface area contributed by atoms with Crippen LogP contribution in [0.3, 0.4) is 0 Å². The van der Waals surface area contributed by atoms with E-state index < -0.39 is 0 Å². The van der Waals surface area contributed by atoms with Crippen molar-refractivity contribution in [3.63, 3.8) is 0 Å². The molecule has 2 aromatic rings. The van der Waals surface area contributed by atoms with Gasteiger partial charge in [-0.3, -0.25) is 0 Å². The largest absolute Gasteiger partial charge is 0.485 e. The van der Waals surface area contributed by atoms with Crippen molar-refractivity contribution in [2.45, 2.75) is 39.0 Å². The van der Waals surface area contributed by atoms with Crippen LogP contribution in [0, 0.1) is 0 Å². The Labute approximate surface area is 132 Å². The van der Waals surface area contributed by atoms with Crippen LogP contribution in [0.1, 0.15) is 37.5 Å². The Morgan fingerprint density at radius 1 is 1.09 bits per heavy atom. The summed E-state index contributed by atoms with van der Waals surface area (Å²) in [5.74, 6) is 1.65. The molecular weight excluding hydrogens is 274 g/mol. The van der Waals surface area contributed by atoms with Gasteiger partial charge >= 0.3 is 0 Å². The summed E-state index contributed by atoms with van der Waals surface area (Å²) in [5.41, 5.74) is 2.45. The number of hydrogen-bond donors (Lipinski definition) is 1. The van der Waals surface area contributed by atoms with E-state index in [1.807, 2.05) is 24.3 Å². The van der Waals surface area contributed by atoms with Gasteiger partial charge in [0.15, 0.2) is 17.6 Å². The number of ether oxygens (including phenoxy) is 2. The quantitative estimate of drug-likeness (QED) is 0.901. The number of para-hydroxylation sites is 2. The van der Waals surface area contributed by atoms with Crippen molar-refractivity contribution in [2.24, 2.45) is 0 Å². The van der Waals surface area contributed by atoms with Gasteiger partial charge in [-0.1, -0.05) is 43.3 Å². The Morgan fingerprint density at radius 2 is 1.82 bits per heavy atom. The standard InChI is InChI=1S/C19H23NO2/c1-3-14(2)20-12-15-8-10-16(11-9-15)19-13-21-17-6-4-5-7-18(17)22-19/h4-11,14,19-20H,3,12-13H2,1-2H3/t14?,19-/m0/s1. The van der Waals surface area contributed by atoms with E-state index in [2.05, 4.69) is 43.4 Å². The van der Waals surface area contributed by atoms with E-state index in [9.17, 15) is 0 Å². The maximum Gasteiger partial charge on any atom is 0.162 e. The fourth-order valence-electron chi connectivity index (χ4n) is 2.47. The molecule has 1 aliphatic rings. The fraction of sp³-hybridized carbons (Fsp3) is 0.368. The molecular formula is C19H23NO2. The van der Waals surface area contributed by atoms with E-state index in [1.165, 1.54) is 5.56 Å². The van der Waals surface area contributed by atoms with E-state index in [-0.39, 0.29) is 6.10 Å². The van der Waals surface area contributed by atoms with Gasteiger partial charge in [0.2, 0.25) is 0 Å². The van der Waals surface area contributed by atoms with E-state index in [4.69, 9.17) is 9.47 Å². The summed E-state index contributed by atoms with van der Waals surface area (Å²) in [6, 6.07) is 17.0. The van der Waals surface area contributed by atoms with Crippen LogP contribution in [-0.2, 0) is 6.54 Å². The van der Waals surface area contributed by atoms with Crippen molar-refractivity contribution in [2.75, 3.05) is 6.61 Å². The van der Waals surface area contributed by atoms with Gasteiger partial charge < -0.3 is 14.8 Å². The predicted molar refractivity (Wildman–Crippen MR) is 88.3 cm³/mol. The van der Waals surface area contributed by atoms with Crippen LogP contribution < -0.4 is 14.8 Å². The summed E-state index contributed by atoms with van der Waals surface area (Å²) in [7, 11) is 0. The van der Waals surface area contributed by atoms with Crippen LogP contribution in [0.4, 0.5) is 0 Å². The van der Waals surface area contributed by atoms with E-state index in [0.29, 0.717) is 12.6 Å². The van der Waals surface area contributed by atoms with Crippen molar-refractivity contribution in [3.8, 4) is 11.5 Å². The van der Waals surface area contributed by atoms with E-state index in [1.54, 1.807) is 0 Å². The molecule has 0 aromatic heterocycles. The Morgan fingerprint density at radius 3 is 2.55 bits per heavy atom. The Balaban J connectivity index is 1.64. The van der Waals surface area contributed by atoms with Gasteiger partial charge in [0.05, 0.1) is 0 Å². The molecule has 1 aliphatic heterocycles. The molecule has 116 valence electrons. The van der Waals surface area contributed by atoms with Crippen molar-refractivity contribution >= 4 is 0 Å². The molecule has 2 atom stereocenters. The van der Waals surface area contributed by atoms with E-state index in [0.717, 1.165) is 30.0 Å². The van der Waals surface area contributed by atoms with Crippen molar-refractivity contribution in [1.29, 1.82) is 0 Å². The summed E-state index contributed by atoms with van der Waals surface area (Å²) >= 11 is 0. The number of nitrogens with one attached hydrogen (secondary N) is 1. The molecule has 3 heteroatoms. The zero-order valence-electron chi connectivity index (χ0n) is 13.2. The van der Waals surface area contributed by atoms with Gasteiger partial charge in [0.25, 0.3) is 0 Å². The lowest BCUT2D eigenvalue weighted by Crippen LogP contribution is -2.24. The Kier molecular flexibility index (Phi) is 4.64. The van der Waals surface area contributed by atoms with Gasteiger partial charge in [-0.25, -0.2) is 0 Å². The first-order chi connectivity index (χ1) is 10.8. The molecule has 0 spiro atoms. The highest BCUT2D eigenvalue weighted by Crippen LogP contribution is 2.35. The summed E-state index contributed by atoms with van der Waals surface area (Å²) < 4.78 is 11.8. The number of rotatable bonds is 5.